The third-order valence-electron chi connectivity index (χ3n) is 4.50. The Kier molecular flexibility index (Phi) is 12.0. The third-order valence-corrected chi connectivity index (χ3v) is 5.96. The first-order valence-corrected chi connectivity index (χ1v) is 12.7. The number of aryl methyl sites for hydroxylation is 2. The highest BCUT2D eigenvalue weighted by molar-refractivity contribution is 9.09. The molecular formula is C23H29Br2ClO2. The minimum Gasteiger partial charge on any atom is -0.489 e. The maximum Gasteiger partial charge on any atom is 0.146 e. The van der Waals surface area contributed by atoms with Crippen LogP contribution in [0.2, 0.25) is 0 Å². The second-order valence-electron chi connectivity index (χ2n) is 6.71. The van der Waals surface area contributed by atoms with Crippen LogP contribution in [0.15, 0.2) is 48.5 Å². The van der Waals surface area contributed by atoms with Crippen LogP contribution in [0.25, 0.3) is 0 Å². The van der Waals surface area contributed by atoms with E-state index in [1.54, 1.807) is 0 Å². The molecule has 2 rings (SSSR count). The summed E-state index contributed by atoms with van der Waals surface area (Å²) in [5.74, 6) is 2.24. The number of rotatable bonds is 14. The molecule has 0 saturated carbocycles. The monoisotopic (exact) mass is 530 g/mol. The molecule has 28 heavy (non-hydrogen) atoms. The largest absolute Gasteiger partial charge is 0.489 e. The van der Waals surface area contributed by atoms with Crippen molar-refractivity contribution in [3.05, 3.63) is 59.7 Å². The third kappa shape index (κ3) is 8.34. The van der Waals surface area contributed by atoms with Crippen LogP contribution in [-0.2, 0) is 12.8 Å². The fourth-order valence-corrected chi connectivity index (χ4v) is 3.91. The van der Waals surface area contributed by atoms with E-state index in [0.29, 0.717) is 12.5 Å². The molecule has 0 N–H and O–H groups in total. The first-order chi connectivity index (χ1) is 13.8. The number of para-hydroxylation sites is 2. The van der Waals surface area contributed by atoms with Gasteiger partial charge in [-0.3, -0.25) is 0 Å². The van der Waals surface area contributed by atoms with Gasteiger partial charge in [-0.1, -0.05) is 68.3 Å². The Morgan fingerprint density at radius 2 is 1.29 bits per heavy atom. The van der Waals surface area contributed by atoms with E-state index in [1.807, 2.05) is 24.3 Å². The summed E-state index contributed by atoms with van der Waals surface area (Å²) in [6.45, 7) is 0.439. The number of hydrogen-bond donors (Lipinski definition) is 0. The van der Waals surface area contributed by atoms with Crippen LogP contribution in [0, 0.1) is 0 Å². The first kappa shape index (κ1) is 23.6. The summed E-state index contributed by atoms with van der Waals surface area (Å²) in [4.78, 5) is 0. The molecule has 0 saturated heterocycles. The summed E-state index contributed by atoms with van der Waals surface area (Å²) in [7, 11) is 0. The normalized spacial score (nSPS) is 12.0. The predicted molar refractivity (Wildman–Crippen MR) is 127 cm³/mol. The SMILES string of the molecule is ClCC(COc1ccccc1CCCCBr)Oc1ccccc1CCCCBr. The maximum atomic E-state index is 6.21. The Labute approximate surface area is 191 Å². The second kappa shape index (κ2) is 14.3. The van der Waals surface area contributed by atoms with E-state index < -0.39 is 0 Å². The van der Waals surface area contributed by atoms with E-state index in [-0.39, 0.29) is 6.10 Å². The number of unbranched alkanes of at least 4 members (excludes halogenated alkanes) is 2. The van der Waals surface area contributed by atoms with Gasteiger partial charge in [0.25, 0.3) is 0 Å². The van der Waals surface area contributed by atoms with Crippen LogP contribution in [-0.4, -0.2) is 29.3 Å². The summed E-state index contributed by atoms with van der Waals surface area (Å²) < 4.78 is 12.3. The Morgan fingerprint density at radius 3 is 1.86 bits per heavy atom. The summed E-state index contributed by atoms with van der Waals surface area (Å²) in [6, 6.07) is 16.5. The molecule has 0 spiro atoms. The highest BCUT2D eigenvalue weighted by atomic mass is 79.9. The van der Waals surface area contributed by atoms with E-state index in [0.717, 1.165) is 60.7 Å². The zero-order chi connectivity index (χ0) is 20.0. The minimum absolute atomic E-state index is 0.186. The Hall–Kier alpha value is -0.710. The molecule has 0 aliphatic rings. The van der Waals surface area contributed by atoms with Crippen molar-refractivity contribution in [2.45, 2.75) is 44.6 Å². The molecule has 0 heterocycles. The van der Waals surface area contributed by atoms with Crippen LogP contribution < -0.4 is 9.47 Å². The molecular weight excluding hydrogens is 504 g/mol. The standard InChI is InChI=1S/C23H29Br2ClO2/c24-15-7-5-11-19-9-1-3-13-22(19)27-18-21(17-26)28-23-14-4-2-10-20(23)12-6-8-16-25/h1-4,9-10,13-14,21H,5-8,11-12,15-18H2. The highest BCUT2D eigenvalue weighted by Gasteiger charge is 2.14. The number of halogens is 3. The van der Waals surface area contributed by atoms with E-state index in [4.69, 9.17) is 21.1 Å². The molecule has 0 aliphatic heterocycles. The van der Waals surface area contributed by atoms with Crippen LogP contribution in [0.4, 0.5) is 0 Å². The van der Waals surface area contributed by atoms with Gasteiger partial charge in [-0.25, -0.2) is 0 Å². The van der Waals surface area contributed by atoms with E-state index in [9.17, 15) is 0 Å². The van der Waals surface area contributed by atoms with Crippen LogP contribution in [0.1, 0.15) is 36.8 Å². The highest BCUT2D eigenvalue weighted by Crippen LogP contribution is 2.24. The molecule has 0 bridgehead atoms. The van der Waals surface area contributed by atoms with Gasteiger partial charge >= 0.3 is 0 Å². The van der Waals surface area contributed by atoms with Gasteiger partial charge < -0.3 is 9.47 Å². The number of ether oxygens (including phenoxy) is 2. The fraction of sp³-hybridized carbons (Fsp3) is 0.478. The Balaban J connectivity index is 1.95. The van der Waals surface area contributed by atoms with Gasteiger partial charge in [0.1, 0.15) is 24.2 Å². The smallest absolute Gasteiger partial charge is 0.146 e. The van der Waals surface area contributed by atoms with Gasteiger partial charge in [-0.15, -0.1) is 11.6 Å². The summed E-state index contributed by atoms with van der Waals surface area (Å²) in [5.41, 5.74) is 2.47. The average molecular weight is 533 g/mol. The molecule has 2 nitrogen and oxygen atoms in total. The average Bonchev–Trinajstić information content (AvgIpc) is 2.73. The van der Waals surface area contributed by atoms with Crippen molar-refractivity contribution in [2.75, 3.05) is 23.1 Å². The Bertz CT molecular complexity index is 681. The quantitative estimate of drug-likeness (QED) is 0.189. The molecule has 1 unspecified atom stereocenters. The molecule has 1 atom stereocenters. The molecule has 0 aliphatic carbocycles. The summed E-state index contributed by atoms with van der Waals surface area (Å²) in [5, 5.41) is 2.07. The van der Waals surface area contributed by atoms with Crippen molar-refractivity contribution in [2.24, 2.45) is 0 Å². The van der Waals surface area contributed by atoms with Crippen LogP contribution in [0.3, 0.4) is 0 Å². The van der Waals surface area contributed by atoms with Gasteiger partial charge in [0, 0.05) is 10.7 Å². The minimum atomic E-state index is -0.186. The topological polar surface area (TPSA) is 18.5 Å². The number of benzene rings is 2. The van der Waals surface area contributed by atoms with Crippen molar-refractivity contribution in [1.29, 1.82) is 0 Å². The van der Waals surface area contributed by atoms with E-state index in [2.05, 4.69) is 56.1 Å². The maximum absolute atomic E-state index is 6.21. The summed E-state index contributed by atoms with van der Waals surface area (Å²) in [6.07, 6.45) is 6.43. The zero-order valence-electron chi connectivity index (χ0n) is 16.2. The molecule has 2 aromatic rings. The zero-order valence-corrected chi connectivity index (χ0v) is 20.1. The van der Waals surface area contributed by atoms with Gasteiger partial charge in [0.05, 0.1) is 5.88 Å². The van der Waals surface area contributed by atoms with Gasteiger partial charge in [0.2, 0.25) is 0 Å². The molecule has 2 aromatic carbocycles. The van der Waals surface area contributed by atoms with Gasteiger partial charge in [-0.2, -0.15) is 0 Å². The van der Waals surface area contributed by atoms with Gasteiger partial charge in [-0.05, 0) is 61.8 Å². The van der Waals surface area contributed by atoms with Crippen molar-refractivity contribution in [3.63, 3.8) is 0 Å². The lowest BCUT2D eigenvalue weighted by molar-refractivity contribution is 0.143. The number of hydrogen-bond acceptors (Lipinski definition) is 2. The van der Waals surface area contributed by atoms with Crippen molar-refractivity contribution in [1.82, 2.24) is 0 Å². The molecule has 154 valence electrons. The van der Waals surface area contributed by atoms with Crippen LogP contribution in [0.5, 0.6) is 11.5 Å². The van der Waals surface area contributed by atoms with Gasteiger partial charge in [0.15, 0.2) is 0 Å². The lowest BCUT2D eigenvalue weighted by atomic mass is 10.1. The number of alkyl halides is 3. The molecule has 0 amide bonds. The van der Waals surface area contributed by atoms with Crippen molar-refractivity contribution < 1.29 is 9.47 Å². The lowest BCUT2D eigenvalue weighted by Crippen LogP contribution is -2.27. The van der Waals surface area contributed by atoms with E-state index >= 15 is 0 Å². The molecule has 0 fully saturated rings. The predicted octanol–water partition coefficient (Wildman–Crippen LogP) is 7.19. The Morgan fingerprint density at radius 1 is 0.750 bits per heavy atom. The summed E-state index contributed by atoms with van der Waals surface area (Å²) >= 11 is 13.2. The van der Waals surface area contributed by atoms with Crippen molar-refractivity contribution >= 4 is 43.5 Å². The van der Waals surface area contributed by atoms with Crippen molar-refractivity contribution in [3.8, 4) is 11.5 Å². The lowest BCUT2D eigenvalue weighted by Gasteiger charge is -2.20. The second-order valence-corrected chi connectivity index (χ2v) is 8.61. The fourth-order valence-electron chi connectivity index (χ4n) is 2.97. The first-order valence-electron chi connectivity index (χ1n) is 9.91. The molecule has 0 radical (unpaired) electrons. The molecule has 5 heteroatoms. The molecule has 0 aromatic heterocycles. The van der Waals surface area contributed by atoms with Crippen LogP contribution >= 0.6 is 43.5 Å². The van der Waals surface area contributed by atoms with E-state index in [1.165, 1.54) is 11.1 Å².